The Morgan fingerprint density at radius 3 is 2.59 bits per heavy atom. The van der Waals surface area contributed by atoms with Crippen molar-refractivity contribution in [2.24, 2.45) is 23.2 Å². The fraction of sp³-hybridized carbons (Fsp3) is 0.654. The second-order valence-electron chi connectivity index (χ2n) is 10.6. The molecule has 32 heavy (non-hydrogen) atoms. The van der Waals surface area contributed by atoms with Gasteiger partial charge in [-0.3, -0.25) is 4.79 Å². The molecule has 1 aromatic rings. The molecule has 0 amide bonds. The van der Waals surface area contributed by atoms with Crippen molar-refractivity contribution in [3.8, 4) is 0 Å². The van der Waals surface area contributed by atoms with Crippen molar-refractivity contribution in [3.63, 3.8) is 0 Å². The van der Waals surface area contributed by atoms with Crippen molar-refractivity contribution in [1.82, 2.24) is 4.90 Å². The molecule has 0 bridgehead atoms. The summed E-state index contributed by atoms with van der Waals surface area (Å²) in [6.45, 7) is 6.39. The number of piperidine rings is 1. The number of esters is 1. The van der Waals surface area contributed by atoms with Gasteiger partial charge in [-0.05, 0) is 49.3 Å². The van der Waals surface area contributed by atoms with Crippen LogP contribution in [0, 0.1) is 23.2 Å². The van der Waals surface area contributed by atoms with Crippen LogP contribution in [0.2, 0.25) is 5.02 Å². The SMILES string of the molecule is C[C@H]1CCC=C2C[C@H]3OC(=O)[C@H](CN4CCC(O)(c5ccc(Cl)cc5)CC4)[C@H]3[C@@H](O)[C@@]21C. The summed E-state index contributed by atoms with van der Waals surface area (Å²) in [7, 11) is 0. The molecule has 0 unspecified atom stereocenters. The fourth-order valence-electron chi connectivity index (χ4n) is 6.71. The zero-order valence-corrected chi connectivity index (χ0v) is 19.7. The molecule has 2 saturated heterocycles. The van der Waals surface area contributed by atoms with E-state index in [1.165, 1.54) is 5.57 Å². The van der Waals surface area contributed by atoms with Crippen LogP contribution in [0.15, 0.2) is 35.9 Å². The minimum absolute atomic E-state index is 0.165. The highest BCUT2D eigenvalue weighted by molar-refractivity contribution is 6.30. The largest absolute Gasteiger partial charge is 0.461 e. The Morgan fingerprint density at radius 2 is 1.91 bits per heavy atom. The third-order valence-electron chi connectivity index (χ3n) is 9.09. The van der Waals surface area contributed by atoms with E-state index in [0.29, 0.717) is 43.4 Å². The van der Waals surface area contributed by atoms with Gasteiger partial charge in [-0.15, -0.1) is 0 Å². The van der Waals surface area contributed by atoms with Crippen molar-refractivity contribution in [2.45, 2.75) is 63.8 Å². The summed E-state index contributed by atoms with van der Waals surface area (Å²) in [6, 6.07) is 7.42. The molecule has 2 aliphatic carbocycles. The standard InChI is InChI=1S/C26H34ClNO4/c1-16-4-3-5-18-14-21-22(23(29)25(16,18)2)20(24(30)32-21)15-28-12-10-26(31,11-13-28)17-6-8-19(27)9-7-17/h5-9,16,20-23,29,31H,3-4,10-15H2,1-2H3/t16-,20+,21+,22+,23+,25+/m0/s1. The highest BCUT2D eigenvalue weighted by Crippen LogP contribution is 2.56. The van der Waals surface area contributed by atoms with E-state index in [9.17, 15) is 15.0 Å². The van der Waals surface area contributed by atoms with E-state index in [1.807, 2.05) is 24.3 Å². The second kappa shape index (κ2) is 8.12. The monoisotopic (exact) mass is 459 g/mol. The minimum Gasteiger partial charge on any atom is -0.461 e. The topological polar surface area (TPSA) is 70.0 Å². The third kappa shape index (κ3) is 3.53. The summed E-state index contributed by atoms with van der Waals surface area (Å²) < 4.78 is 5.81. The zero-order chi connectivity index (χ0) is 22.7. The molecule has 5 nitrogen and oxygen atoms in total. The maximum Gasteiger partial charge on any atom is 0.311 e. The Morgan fingerprint density at radius 1 is 1.22 bits per heavy atom. The number of halogens is 1. The number of allylic oxidation sites excluding steroid dienone is 1. The minimum atomic E-state index is -0.866. The van der Waals surface area contributed by atoms with Crippen LogP contribution in [0.3, 0.4) is 0 Å². The maximum atomic E-state index is 12.9. The molecule has 0 aromatic heterocycles. The van der Waals surface area contributed by atoms with Crippen LogP contribution in [0.25, 0.3) is 0 Å². The van der Waals surface area contributed by atoms with Crippen LogP contribution in [0.1, 0.15) is 51.5 Å². The Balaban J connectivity index is 1.29. The number of likely N-dealkylation sites (tertiary alicyclic amines) is 1. The van der Waals surface area contributed by atoms with E-state index in [-0.39, 0.29) is 29.3 Å². The number of rotatable bonds is 3. The van der Waals surface area contributed by atoms with Crippen molar-refractivity contribution >= 4 is 17.6 Å². The molecular weight excluding hydrogens is 426 g/mol. The number of aliphatic hydroxyl groups excluding tert-OH is 1. The molecule has 174 valence electrons. The van der Waals surface area contributed by atoms with Crippen LogP contribution in [-0.4, -0.2) is 52.9 Å². The number of carbonyl (C=O) groups excluding carboxylic acids is 1. The molecule has 3 fully saturated rings. The average Bonchev–Trinajstić information content (AvgIpc) is 3.07. The van der Waals surface area contributed by atoms with Gasteiger partial charge in [0.05, 0.1) is 17.6 Å². The second-order valence-corrected chi connectivity index (χ2v) is 11.1. The number of benzene rings is 1. The van der Waals surface area contributed by atoms with Crippen LogP contribution >= 0.6 is 11.6 Å². The van der Waals surface area contributed by atoms with E-state index in [0.717, 1.165) is 24.8 Å². The number of aliphatic hydroxyl groups is 2. The fourth-order valence-corrected chi connectivity index (χ4v) is 6.83. The van der Waals surface area contributed by atoms with Crippen molar-refractivity contribution in [1.29, 1.82) is 0 Å². The number of nitrogens with zero attached hydrogens (tertiary/aromatic N) is 1. The van der Waals surface area contributed by atoms with E-state index in [4.69, 9.17) is 16.3 Å². The molecule has 4 aliphatic rings. The molecule has 6 heteroatoms. The molecule has 1 aromatic carbocycles. The van der Waals surface area contributed by atoms with Gasteiger partial charge in [0.2, 0.25) is 0 Å². The van der Waals surface area contributed by atoms with E-state index in [1.54, 1.807) is 0 Å². The van der Waals surface area contributed by atoms with E-state index >= 15 is 0 Å². The van der Waals surface area contributed by atoms with Gasteiger partial charge < -0.3 is 19.8 Å². The number of fused-ring (bicyclic) bond motifs is 2. The van der Waals surface area contributed by atoms with Gasteiger partial charge in [0.15, 0.2) is 0 Å². The van der Waals surface area contributed by atoms with E-state index in [2.05, 4.69) is 24.8 Å². The highest BCUT2D eigenvalue weighted by Gasteiger charge is 2.59. The Kier molecular flexibility index (Phi) is 5.68. The predicted octanol–water partition coefficient (Wildman–Crippen LogP) is 3.91. The van der Waals surface area contributed by atoms with Crippen molar-refractivity contribution < 1.29 is 19.7 Å². The molecular formula is C26H34ClNO4. The molecule has 2 aliphatic heterocycles. The summed E-state index contributed by atoms with van der Waals surface area (Å²) in [4.78, 5) is 15.1. The Labute approximate surface area is 195 Å². The first-order valence-electron chi connectivity index (χ1n) is 12.0. The average molecular weight is 460 g/mol. The lowest BCUT2D eigenvalue weighted by atomic mass is 9.55. The molecule has 0 spiro atoms. The first kappa shape index (κ1) is 22.4. The van der Waals surface area contributed by atoms with Gasteiger partial charge in [0.25, 0.3) is 0 Å². The van der Waals surface area contributed by atoms with Gasteiger partial charge in [-0.25, -0.2) is 0 Å². The van der Waals surface area contributed by atoms with Crippen LogP contribution in [0.4, 0.5) is 0 Å². The molecule has 0 radical (unpaired) electrons. The molecule has 2 heterocycles. The van der Waals surface area contributed by atoms with Crippen LogP contribution in [0.5, 0.6) is 0 Å². The quantitative estimate of drug-likeness (QED) is 0.529. The summed E-state index contributed by atoms with van der Waals surface area (Å²) in [5, 5.41) is 23.4. The summed E-state index contributed by atoms with van der Waals surface area (Å²) in [5.74, 6) is -0.265. The number of hydrogen-bond acceptors (Lipinski definition) is 5. The number of hydrogen-bond donors (Lipinski definition) is 2. The van der Waals surface area contributed by atoms with Gasteiger partial charge in [-0.2, -0.15) is 0 Å². The first-order chi connectivity index (χ1) is 15.2. The van der Waals surface area contributed by atoms with Crippen LogP contribution < -0.4 is 0 Å². The zero-order valence-electron chi connectivity index (χ0n) is 19.0. The molecule has 5 rings (SSSR count). The summed E-state index contributed by atoms with van der Waals surface area (Å²) in [5.41, 5.74) is 1.02. The highest BCUT2D eigenvalue weighted by atomic mass is 35.5. The lowest BCUT2D eigenvalue weighted by Crippen LogP contribution is -2.55. The Hall–Kier alpha value is -1.40. The maximum absolute atomic E-state index is 12.9. The third-order valence-corrected chi connectivity index (χ3v) is 9.34. The number of carbonyl (C=O) groups is 1. The lowest BCUT2D eigenvalue weighted by Gasteiger charge is -2.52. The number of ether oxygens (including phenoxy) is 1. The van der Waals surface area contributed by atoms with Crippen molar-refractivity contribution in [3.05, 3.63) is 46.5 Å². The van der Waals surface area contributed by atoms with Gasteiger partial charge >= 0.3 is 5.97 Å². The first-order valence-corrected chi connectivity index (χ1v) is 12.4. The lowest BCUT2D eigenvalue weighted by molar-refractivity contribution is -0.145. The van der Waals surface area contributed by atoms with Gasteiger partial charge in [-0.1, -0.05) is 49.2 Å². The molecule has 1 saturated carbocycles. The molecule has 2 N–H and O–H groups in total. The van der Waals surface area contributed by atoms with Crippen molar-refractivity contribution in [2.75, 3.05) is 19.6 Å². The van der Waals surface area contributed by atoms with Gasteiger partial charge in [0.1, 0.15) is 6.10 Å². The smallest absolute Gasteiger partial charge is 0.311 e. The summed E-state index contributed by atoms with van der Waals surface area (Å²) >= 11 is 6.00. The van der Waals surface area contributed by atoms with Gasteiger partial charge in [0, 0.05) is 42.4 Å². The molecule has 6 atom stereocenters. The normalized spacial score (nSPS) is 39.1. The van der Waals surface area contributed by atoms with Crippen LogP contribution in [-0.2, 0) is 15.1 Å². The Bertz CT molecular complexity index is 907. The summed E-state index contributed by atoms with van der Waals surface area (Å²) in [6.07, 6.45) is 5.55. The predicted molar refractivity (Wildman–Crippen MR) is 123 cm³/mol. The van der Waals surface area contributed by atoms with E-state index < -0.39 is 11.7 Å².